The molecule has 0 spiro atoms. The fraction of sp³-hybridized carbons (Fsp3) is 0.613. The second-order valence-corrected chi connectivity index (χ2v) is 23.5. The molecule has 2 aromatic heterocycles. The number of aliphatic hydroxyl groups excluding tert-OH is 1. The molecule has 1 aliphatic heterocycles. The lowest BCUT2D eigenvalue weighted by molar-refractivity contribution is -0.0490. The summed E-state index contributed by atoms with van der Waals surface area (Å²) in [6.07, 6.45) is 0.723. The molecule has 0 saturated carbocycles. The number of hydrogen-bond acceptors (Lipinski definition) is 8. The molecule has 0 bridgehead atoms. The van der Waals surface area contributed by atoms with E-state index in [-0.39, 0.29) is 27.6 Å². The molecule has 0 aliphatic carbocycles. The molecule has 4 atom stereocenters. The number of carbonyl (C=O) groups excluding carboxylic acids is 1. The van der Waals surface area contributed by atoms with Crippen LogP contribution in [0.2, 0.25) is 28.2 Å². The number of rotatable bonds is 8. The SMILES string of the molecule is CC(C)(C)[Si](OC1C(O[Si](C)(C)C(C)(C)C)[C@H](n2cnc3c(NC(=O)c4ccccc4)ncnc32)O[C@@H]1CO)C(C)(C)C. The molecule has 43 heavy (non-hydrogen) atoms. The Bertz CT molecular complexity index is 1400. The van der Waals surface area contributed by atoms with E-state index in [1.165, 1.54) is 6.33 Å². The third-order valence-electron chi connectivity index (χ3n) is 8.22. The predicted octanol–water partition coefficient (Wildman–Crippen LogP) is 6.34. The van der Waals surface area contributed by atoms with Gasteiger partial charge in [-0.3, -0.25) is 9.36 Å². The van der Waals surface area contributed by atoms with Crippen molar-refractivity contribution in [3.05, 3.63) is 48.5 Å². The van der Waals surface area contributed by atoms with Crippen LogP contribution in [0.5, 0.6) is 0 Å². The molecule has 3 aromatic rings. The number of nitrogens with zero attached hydrogens (tertiary/aromatic N) is 4. The number of hydrogen-bond donors (Lipinski definition) is 2. The number of imidazole rings is 1. The molecular weight excluding hydrogens is 579 g/mol. The highest BCUT2D eigenvalue weighted by molar-refractivity contribution is 6.74. The quantitative estimate of drug-likeness (QED) is 0.278. The summed E-state index contributed by atoms with van der Waals surface area (Å²) >= 11 is 0. The van der Waals surface area contributed by atoms with Crippen molar-refractivity contribution in [3.8, 4) is 0 Å². The van der Waals surface area contributed by atoms with Gasteiger partial charge in [-0.2, -0.15) is 0 Å². The Morgan fingerprint density at radius 1 is 1.00 bits per heavy atom. The molecular formula is C31H48N5O5Si2. The van der Waals surface area contributed by atoms with Gasteiger partial charge in [-0.15, -0.1) is 0 Å². The van der Waals surface area contributed by atoms with E-state index in [1.807, 2.05) is 10.6 Å². The molecule has 12 heteroatoms. The van der Waals surface area contributed by atoms with Gasteiger partial charge in [0.1, 0.15) is 24.6 Å². The van der Waals surface area contributed by atoms with Crippen LogP contribution in [0.1, 0.15) is 78.9 Å². The van der Waals surface area contributed by atoms with E-state index >= 15 is 0 Å². The van der Waals surface area contributed by atoms with E-state index in [4.69, 9.17) is 13.6 Å². The third-order valence-corrected chi connectivity index (χ3v) is 15.9. The highest BCUT2D eigenvalue weighted by atomic mass is 28.4. The number of aliphatic hydroxyl groups is 1. The minimum absolute atomic E-state index is 0.0741. The highest BCUT2D eigenvalue weighted by Crippen LogP contribution is 2.47. The Kier molecular flexibility index (Phi) is 9.42. The first-order valence-corrected chi connectivity index (χ1v) is 19.2. The largest absolute Gasteiger partial charge is 0.407 e. The number of anilines is 1. The van der Waals surface area contributed by atoms with Crippen LogP contribution in [0.4, 0.5) is 5.82 Å². The molecule has 1 fully saturated rings. The van der Waals surface area contributed by atoms with E-state index in [9.17, 15) is 9.90 Å². The van der Waals surface area contributed by atoms with Crippen LogP contribution < -0.4 is 5.32 Å². The zero-order valence-corrected chi connectivity index (χ0v) is 29.4. The van der Waals surface area contributed by atoms with E-state index < -0.39 is 41.9 Å². The summed E-state index contributed by atoms with van der Waals surface area (Å²) < 4.78 is 22.6. The monoisotopic (exact) mass is 626 g/mol. The van der Waals surface area contributed by atoms with Crippen molar-refractivity contribution in [2.45, 2.75) is 115 Å². The molecule has 3 heterocycles. The summed E-state index contributed by atoms with van der Waals surface area (Å²) in [6, 6.07) is 8.94. The fourth-order valence-electron chi connectivity index (χ4n) is 5.38. The maximum atomic E-state index is 12.9. The van der Waals surface area contributed by atoms with E-state index in [1.54, 1.807) is 30.6 Å². The Morgan fingerprint density at radius 2 is 1.63 bits per heavy atom. The molecule has 1 saturated heterocycles. The lowest BCUT2D eigenvalue weighted by atomic mass is 10.1. The van der Waals surface area contributed by atoms with Gasteiger partial charge in [0.05, 0.1) is 12.9 Å². The maximum absolute atomic E-state index is 12.9. The van der Waals surface area contributed by atoms with Gasteiger partial charge >= 0.3 is 0 Å². The average molecular weight is 627 g/mol. The summed E-state index contributed by atoms with van der Waals surface area (Å²) in [7, 11) is -3.80. The average Bonchev–Trinajstić information content (AvgIpc) is 3.47. The Morgan fingerprint density at radius 3 is 2.19 bits per heavy atom. The van der Waals surface area contributed by atoms with Crippen molar-refractivity contribution < 1.29 is 23.5 Å². The first-order valence-electron chi connectivity index (χ1n) is 14.9. The number of carbonyl (C=O) groups is 1. The van der Waals surface area contributed by atoms with Gasteiger partial charge in [0.25, 0.3) is 5.91 Å². The van der Waals surface area contributed by atoms with Crippen LogP contribution >= 0.6 is 0 Å². The summed E-state index contributed by atoms with van der Waals surface area (Å²) in [4.78, 5) is 26.4. The van der Waals surface area contributed by atoms with Crippen LogP contribution in [0.15, 0.2) is 43.0 Å². The van der Waals surface area contributed by atoms with Gasteiger partial charge in [0, 0.05) is 5.56 Å². The number of fused-ring (bicyclic) bond motifs is 1. The van der Waals surface area contributed by atoms with Crippen molar-refractivity contribution in [1.29, 1.82) is 0 Å². The minimum atomic E-state index is -2.34. The summed E-state index contributed by atoms with van der Waals surface area (Å²) in [5.41, 5.74) is 1.43. The van der Waals surface area contributed by atoms with E-state index in [0.717, 1.165) is 0 Å². The topological polar surface area (TPSA) is 121 Å². The molecule has 1 radical (unpaired) electrons. The molecule has 2 unspecified atom stereocenters. The number of amides is 1. The Balaban J connectivity index is 1.77. The first-order chi connectivity index (χ1) is 19.8. The molecule has 1 amide bonds. The highest BCUT2D eigenvalue weighted by Gasteiger charge is 2.54. The number of benzene rings is 1. The second-order valence-electron chi connectivity index (χ2n) is 14.9. The summed E-state index contributed by atoms with van der Waals surface area (Å²) in [5.74, 6) is 0.00850. The molecule has 235 valence electrons. The van der Waals surface area contributed by atoms with Gasteiger partial charge in [-0.1, -0.05) is 80.5 Å². The molecule has 1 aliphatic rings. The van der Waals surface area contributed by atoms with E-state index in [2.05, 4.69) is 95.7 Å². The third kappa shape index (κ3) is 7.10. The van der Waals surface area contributed by atoms with Gasteiger partial charge in [0.2, 0.25) is 9.04 Å². The van der Waals surface area contributed by atoms with Crippen molar-refractivity contribution in [2.24, 2.45) is 0 Å². The first kappa shape index (κ1) is 33.4. The van der Waals surface area contributed by atoms with Gasteiger partial charge in [-0.05, 0) is 40.3 Å². The van der Waals surface area contributed by atoms with Crippen molar-refractivity contribution in [1.82, 2.24) is 19.5 Å². The standard InChI is InChI=1S/C31H48N5O5Si2/c1-29(2,3)42(30(4,5)6)40-23-21(17-37)39-28(24(23)41-43(10,11)31(7,8)9)36-19-34-22-25(32-18-33-26(22)36)35-27(38)20-15-13-12-14-16-20/h12-16,18-19,21,23-24,28,37H,17H2,1-11H3,(H,32,33,35,38)/t21-,23?,24?,28-/m1/s1. The zero-order chi connectivity index (χ0) is 32.0. The smallest absolute Gasteiger partial charge is 0.256 e. The van der Waals surface area contributed by atoms with Crippen LogP contribution in [-0.2, 0) is 13.6 Å². The van der Waals surface area contributed by atoms with Crippen molar-refractivity contribution in [3.63, 3.8) is 0 Å². The lowest BCUT2D eigenvalue weighted by Gasteiger charge is -2.44. The van der Waals surface area contributed by atoms with Gasteiger partial charge in [0.15, 0.2) is 31.5 Å². The second kappa shape index (κ2) is 12.1. The lowest BCUT2D eigenvalue weighted by Crippen LogP contribution is -2.52. The van der Waals surface area contributed by atoms with Crippen LogP contribution in [0.25, 0.3) is 11.2 Å². The van der Waals surface area contributed by atoms with E-state index in [0.29, 0.717) is 22.5 Å². The fourth-order valence-corrected chi connectivity index (χ4v) is 10.2. The summed E-state index contributed by atoms with van der Waals surface area (Å²) in [6.45, 7) is 24.1. The Hall–Kier alpha value is -2.49. The number of nitrogens with one attached hydrogen (secondary N) is 1. The van der Waals surface area contributed by atoms with Crippen LogP contribution in [0, 0.1) is 0 Å². The van der Waals surface area contributed by atoms with Crippen LogP contribution in [-0.4, -0.2) is 72.8 Å². The molecule has 1 aromatic carbocycles. The number of aromatic nitrogens is 4. The van der Waals surface area contributed by atoms with Crippen LogP contribution in [0.3, 0.4) is 0 Å². The van der Waals surface area contributed by atoms with Crippen molar-refractivity contribution in [2.75, 3.05) is 11.9 Å². The predicted molar refractivity (Wildman–Crippen MR) is 173 cm³/mol. The van der Waals surface area contributed by atoms with Gasteiger partial charge < -0.3 is 24.0 Å². The normalized spacial score (nSPS) is 22.0. The summed E-state index contributed by atoms with van der Waals surface area (Å²) in [5, 5.41) is 13.2. The molecule has 2 N–H and O–H groups in total. The Labute approximate surface area is 258 Å². The zero-order valence-electron chi connectivity index (χ0n) is 27.4. The van der Waals surface area contributed by atoms with Crippen molar-refractivity contribution >= 4 is 40.2 Å². The maximum Gasteiger partial charge on any atom is 0.256 e. The minimum Gasteiger partial charge on any atom is -0.407 e. The molecule has 10 nitrogen and oxygen atoms in total. The van der Waals surface area contributed by atoms with Gasteiger partial charge in [-0.25, -0.2) is 15.0 Å². The number of ether oxygens (including phenoxy) is 1. The molecule has 4 rings (SSSR count).